The van der Waals surface area contributed by atoms with Crippen molar-refractivity contribution in [2.24, 2.45) is 0 Å². The van der Waals surface area contributed by atoms with Crippen LogP contribution in [0.3, 0.4) is 0 Å². The van der Waals surface area contributed by atoms with Crippen LogP contribution >= 0.6 is 0 Å². The molecule has 134 valence electrons. The molecule has 0 bridgehead atoms. The Morgan fingerprint density at radius 3 is 2.68 bits per heavy atom. The summed E-state index contributed by atoms with van der Waals surface area (Å²) < 4.78 is 19.2. The number of esters is 1. The summed E-state index contributed by atoms with van der Waals surface area (Å²) in [5, 5.41) is 8.15. The fourth-order valence-corrected chi connectivity index (χ4v) is 2.10. The Bertz CT molecular complexity index is 832. The molecule has 0 unspecified atom stereocenters. The van der Waals surface area contributed by atoms with E-state index in [1.807, 2.05) is 30.3 Å². The molecule has 0 aliphatic carbocycles. The monoisotopic (exact) mass is 350 g/mol. The number of halogens is 1. The van der Waals surface area contributed by atoms with Crippen molar-refractivity contribution < 1.29 is 18.8 Å². The maximum absolute atomic E-state index is 12.4. The third-order valence-corrected chi connectivity index (χ3v) is 3.23. The third kappa shape index (κ3) is 4.54. The van der Waals surface area contributed by atoms with Crippen LogP contribution in [0, 0.1) is 5.41 Å². The predicted molar refractivity (Wildman–Crippen MR) is 87.3 cm³/mol. The lowest BCUT2D eigenvalue weighted by molar-refractivity contribution is 0.0520. The van der Waals surface area contributed by atoms with Gasteiger partial charge >= 0.3 is 5.97 Å². The number of ether oxygens (including phenoxy) is 1. The average molecular weight is 350 g/mol. The molecule has 0 spiro atoms. The summed E-state index contributed by atoms with van der Waals surface area (Å²) in [6, 6.07) is 9.22. The molecule has 0 saturated carbocycles. The van der Waals surface area contributed by atoms with Crippen LogP contribution in [-0.4, -0.2) is 35.1 Å². The van der Waals surface area contributed by atoms with Crippen molar-refractivity contribution in [3.05, 3.63) is 63.6 Å². The fraction of sp³-hybridized carbons (Fsp3) is 0.312. The minimum absolute atomic E-state index is 0.103. The quantitative estimate of drug-likeness (QED) is 0.417. The maximum atomic E-state index is 12.4. The molecular weight excluding hydrogens is 331 g/mol. The first-order chi connectivity index (χ1) is 12.1. The van der Waals surface area contributed by atoms with Gasteiger partial charge in [-0.15, -0.1) is 0 Å². The smallest absolute Gasteiger partial charge is 0.345 e. The number of aromatic nitrogens is 2. The molecule has 25 heavy (non-hydrogen) atoms. The molecule has 8 nitrogen and oxygen atoms in total. The van der Waals surface area contributed by atoms with Crippen LogP contribution in [0.5, 0.6) is 0 Å². The molecule has 0 radical (unpaired) electrons. The largest absolute Gasteiger partial charge is 0.462 e. The zero-order chi connectivity index (χ0) is 18.2. The van der Waals surface area contributed by atoms with Gasteiger partial charge in [-0.1, -0.05) is 30.3 Å². The first-order valence-electron chi connectivity index (χ1n) is 7.64. The number of nitrogens with one attached hydrogen (secondary N) is 2. The summed E-state index contributed by atoms with van der Waals surface area (Å²) in [6.07, 6.45) is 1.27. The van der Waals surface area contributed by atoms with Gasteiger partial charge in [0.15, 0.2) is 0 Å². The van der Waals surface area contributed by atoms with E-state index in [4.69, 9.17) is 15.0 Å². The molecule has 0 fully saturated rings. The first kappa shape index (κ1) is 18.4. The minimum Gasteiger partial charge on any atom is -0.462 e. The van der Waals surface area contributed by atoms with Gasteiger partial charge in [-0.25, -0.2) is 9.18 Å². The lowest BCUT2D eigenvalue weighted by Gasteiger charge is -2.15. The van der Waals surface area contributed by atoms with E-state index in [1.165, 1.54) is 10.8 Å². The average Bonchev–Trinajstić information content (AvgIpc) is 2.61. The summed E-state index contributed by atoms with van der Waals surface area (Å²) in [5.74, 6) is -0.810. The highest BCUT2D eigenvalue weighted by atomic mass is 19.1. The van der Waals surface area contributed by atoms with Crippen LogP contribution in [0.25, 0.3) is 0 Å². The number of hydrogen-bond acceptors (Lipinski definition) is 6. The van der Waals surface area contributed by atoms with Crippen LogP contribution < -0.4 is 16.8 Å². The second kappa shape index (κ2) is 8.78. The number of hydrogen-bond donors (Lipinski definition) is 2. The van der Waals surface area contributed by atoms with Gasteiger partial charge in [-0.2, -0.15) is 10.3 Å². The molecule has 9 heteroatoms. The molecule has 2 rings (SSSR count). The van der Waals surface area contributed by atoms with Crippen molar-refractivity contribution in [1.82, 2.24) is 9.24 Å². The van der Waals surface area contributed by atoms with Crippen molar-refractivity contribution in [1.29, 1.82) is 5.41 Å². The van der Waals surface area contributed by atoms with Crippen molar-refractivity contribution >= 4 is 5.97 Å². The summed E-state index contributed by atoms with van der Waals surface area (Å²) in [6.45, 7) is 0.892. The molecule has 0 saturated heterocycles. The summed E-state index contributed by atoms with van der Waals surface area (Å²) in [5.41, 5.74) is 1.72. The highest BCUT2D eigenvalue weighted by Crippen LogP contribution is 2.01. The van der Waals surface area contributed by atoms with E-state index in [0.717, 1.165) is 10.2 Å². The lowest BCUT2D eigenvalue weighted by atomic mass is 10.2. The van der Waals surface area contributed by atoms with Gasteiger partial charge in [0, 0.05) is 6.20 Å². The van der Waals surface area contributed by atoms with Crippen LogP contribution in [-0.2, 0) is 16.1 Å². The standard InChI is InChI=1S/C16H19FN4O4/c1-2-24-15(23)13-11-20(10-12-6-4-3-5-7-12)16(18)21(14(13)22)19-25-9-8-17/h3-7,11,18-19H,2,8-10H2,1H3. The van der Waals surface area contributed by atoms with Gasteiger partial charge in [0.05, 0.1) is 13.2 Å². The molecule has 2 aromatic rings. The minimum atomic E-state index is -0.813. The summed E-state index contributed by atoms with van der Waals surface area (Å²) >= 11 is 0. The Morgan fingerprint density at radius 2 is 2.04 bits per heavy atom. The van der Waals surface area contributed by atoms with Crippen LogP contribution in [0.15, 0.2) is 41.3 Å². The molecule has 0 atom stereocenters. The first-order valence-corrected chi connectivity index (χ1v) is 7.64. The van der Waals surface area contributed by atoms with Crippen molar-refractivity contribution in [2.45, 2.75) is 13.5 Å². The van der Waals surface area contributed by atoms with E-state index < -0.39 is 18.2 Å². The van der Waals surface area contributed by atoms with E-state index in [9.17, 15) is 14.0 Å². The second-order valence-electron chi connectivity index (χ2n) is 4.97. The van der Waals surface area contributed by atoms with E-state index in [0.29, 0.717) is 0 Å². The highest BCUT2D eigenvalue weighted by Gasteiger charge is 2.17. The second-order valence-corrected chi connectivity index (χ2v) is 4.97. The van der Waals surface area contributed by atoms with Gasteiger partial charge in [-0.05, 0) is 12.5 Å². The Kier molecular flexibility index (Phi) is 6.47. The van der Waals surface area contributed by atoms with Gasteiger partial charge in [0.1, 0.15) is 18.8 Å². The van der Waals surface area contributed by atoms with Gasteiger partial charge < -0.3 is 9.30 Å². The Morgan fingerprint density at radius 1 is 1.32 bits per heavy atom. The fourth-order valence-electron chi connectivity index (χ4n) is 2.10. The SMILES string of the molecule is CCOC(=O)c1cn(Cc2ccccc2)c(=N)n(NOCCF)c1=O. The normalized spacial score (nSPS) is 10.5. The molecular formula is C16H19FN4O4. The van der Waals surface area contributed by atoms with E-state index >= 15 is 0 Å². The van der Waals surface area contributed by atoms with Crippen LogP contribution in [0.4, 0.5) is 4.39 Å². The highest BCUT2D eigenvalue weighted by molar-refractivity contribution is 5.88. The zero-order valence-corrected chi connectivity index (χ0v) is 13.7. The number of benzene rings is 1. The number of nitrogens with zero attached hydrogens (tertiary/aromatic N) is 2. The Balaban J connectivity index is 2.48. The molecule has 2 N–H and O–H groups in total. The van der Waals surface area contributed by atoms with E-state index in [2.05, 4.69) is 5.59 Å². The molecule has 1 heterocycles. The zero-order valence-electron chi connectivity index (χ0n) is 13.7. The predicted octanol–water partition coefficient (Wildman–Crippen LogP) is 0.799. The van der Waals surface area contributed by atoms with Gasteiger partial charge in [0.25, 0.3) is 5.56 Å². The third-order valence-electron chi connectivity index (χ3n) is 3.23. The van der Waals surface area contributed by atoms with Crippen LogP contribution in [0.1, 0.15) is 22.8 Å². The Hall–Kier alpha value is -2.94. The lowest BCUT2D eigenvalue weighted by Crippen LogP contribution is -2.47. The molecule has 0 aliphatic rings. The molecule has 0 aliphatic heterocycles. The number of rotatable bonds is 8. The van der Waals surface area contributed by atoms with E-state index in [1.54, 1.807) is 6.92 Å². The maximum Gasteiger partial charge on any atom is 0.345 e. The molecule has 1 aromatic heterocycles. The summed E-state index contributed by atoms with van der Waals surface area (Å²) in [7, 11) is 0. The van der Waals surface area contributed by atoms with Crippen LogP contribution in [0.2, 0.25) is 0 Å². The summed E-state index contributed by atoms with van der Waals surface area (Å²) in [4.78, 5) is 29.2. The number of alkyl halides is 1. The molecule has 1 aromatic carbocycles. The van der Waals surface area contributed by atoms with Gasteiger partial charge in [-0.3, -0.25) is 15.0 Å². The topological polar surface area (TPSA) is 98.3 Å². The number of carbonyl (C=O) groups is 1. The molecule has 0 amide bonds. The van der Waals surface area contributed by atoms with E-state index in [-0.39, 0.29) is 30.9 Å². The van der Waals surface area contributed by atoms with Gasteiger partial charge in [0.2, 0.25) is 5.62 Å². The van der Waals surface area contributed by atoms with Crippen molar-refractivity contribution in [2.75, 3.05) is 25.5 Å². The van der Waals surface area contributed by atoms with Crippen molar-refractivity contribution in [3.63, 3.8) is 0 Å². The van der Waals surface area contributed by atoms with Crippen molar-refractivity contribution in [3.8, 4) is 0 Å². The Labute approximate surface area is 142 Å². The number of carbonyl (C=O) groups excluding carboxylic acids is 1.